The van der Waals surface area contributed by atoms with Crippen molar-refractivity contribution in [2.75, 3.05) is 18.0 Å². The number of rotatable bonds is 4. The Kier molecular flexibility index (Phi) is 5.45. The van der Waals surface area contributed by atoms with Gasteiger partial charge < -0.3 is 15.4 Å². The van der Waals surface area contributed by atoms with Gasteiger partial charge in [-0.25, -0.2) is 9.59 Å². The zero-order valence-corrected chi connectivity index (χ0v) is 14.2. The largest absolute Gasteiger partial charge is 0.442 e. The molecule has 3 amide bonds. The number of cyclic esters (lactones) is 1. The quantitative estimate of drug-likeness (QED) is 0.874. The molecule has 1 atom stereocenters. The SMILES string of the molecule is O=C(NCC1CN(c2cccc(Cl)c2)C(=O)O1)NC1CCCCC1. The summed E-state index contributed by atoms with van der Waals surface area (Å²) in [6.45, 7) is 0.685. The fourth-order valence-electron chi connectivity index (χ4n) is 3.17. The van der Waals surface area contributed by atoms with Crippen molar-refractivity contribution in [2.24, 2.45) is 0 Å². The van der Waals surface area contributed by atoms with Gasteiger partial charge in [-0.05, 0) is 31.0 Å². The number of carbonyl (C=O) groups is 2. The number of benzene rings is 1. The van der Waals surface area contributed by atoms with Crippen LogP contribution in [0.2, 0.25) is 5.02 Å². The molecule has 3 rings (SSSR count). The molecule has 0 spiro atoms. The lowest BCUT2D eigenvalue weighted by Crippen LogP contribution is -2.45. The topological polar surface area (TPSA) is 70.7 Å². The number of nitrogens with zero attached hydrogens (tertiary/aromatic N) is 1. The number of amides is 3. The number of halogens is 1. The molecule has 2 N–H and O–H groups in total. The van der Waals surface area contributed by atoms with Gasteiger partial charge in [-0.1, -0.05) is 36.9 Å². The van der Waals surface area contributed by atoms with Crippen LogP contribution >= 0.6 is 11.6 Å². The van der Waals surface area contributed by atoms with Gasteiger partial charge in [0.15, 0.2) is 0 Å². The Morgan fingerprint density at radius 3 is 2.83 bits per heavy atom. The molecule has 2 fully saturated rings. The van der Waals surface area contributed by atoms with Crippen LogP contribution in [-0.2, 0) is 4.74 Å². The normalized spacial score (nSPS) is 21.5. The highest BCUT2D eigenvalue weighted by Gasteiger charge is 2.32. The van der Waals surface area contributed by atoms with E-state index in [0.29, 0.717) is 23.8 Å². The Hall–Kier alpha value is -1.95. The van der Waals surface area contributed by atoms with Crippen LogP contribution in [0.25, 0.3) is 0 Å². The number of nitrogens with one attached hydrogen (secondary N) is 2. The van der Waals surface area contributed by atoms with Gasteiger partial charge in [0.25, 0.3) is 0 Å². The van der Waals surface area contributed by atoms with E-state index in [1.165, 1.54) is 24.2 Å². The van der Waals surface area contributed by atoms with Crippen molar-refractivity contribution in [1.29, 1.82) is 0 Å². The molecule has 1 aromatic carbocycles. The second kappa shape index (κ2) is 7.75. The van der Waals surface area contributed by atoms with Gasteiger partial charge in [0.2, 0.25) is 0 Å². The number of urea groups is 1. The van der Waals surface area contributed by atoms with Crippen LogP contribution in [0, 0.1) is 0 Å². The molecule has 1 aliphatic carbocycles. The van der Waals surface area contributed by atoms with Crippen LogP contribution in [0.4, 0.5) is 15.3 Å². The van der Waals surface area contributed by atoms with Crippen molar-refractivity contribution in [3.63, 3.8) is 0 Å². The number of hydrogen-bond donors (Lipinski definition) is 2. The minimum Gasteiger partial charge on any atom is -0.442 e. The van der Waals surface area contributed by atoms with Crippen molar-refractivity contribution in [3.05, 3.63) is 29.3 Å². The van der Waals surface area contributed by atoms with Crippen LogP contribution < -0.4 is 15.5 Å². The molecule has 6 nitrogen and oxygen atoms in total. The molecule has 1 aliphatic heterocycles. The molecule has 1 heterocycles. The maximum absolute atomic E-state index is 12.0. The fraction of sp³-hybridized carbons (Fsp3) is 0.529. The summed E-state index contributed by atoms with van der Waals surface area (Å²) in [5.74, 6) is 0. The molecule has 0 bridgehead atoms. The van der Waals surface area contributed by atoms with Gasteiger partial charge in [0, 0.05) is 16.8 Å². The van der Waals surface area contributed by atoms with Crippen molar-refractivity contribution in [3.8, 4) is 0 Å². The minimum atomic E-state index is -0.420. The first kappa shape index (κ1) is 16.9. The lowest BCUT2D eigenvalue weighted by atomic mass is 9.96. The highest BCUT2D eigenvalue weighted by Crippen LogP contribution is 2.24. The van der Waals surface area contributed by atoms with Crippen molar-refractivity contribution < 1.29 is 14.3 Å². The van der Waals surface area contributed by atoms with Crippen LogP contribution in [0.1, 0.15) is 32.1 Å². The Balaban J connectivity index is 1.46. The first-order valence-corrected chi connectivity index (χ1v) is 8.78. The van der Waals surface area contributed by atoms with E-state index in [0.717, 1.165) is 12.8 Å². The number of ether oxygens (including phenoxy) is 1. The van der Waals surface area contributed by atoms with Crippen LogP contribution in [0.3, 0.4) is 0 Å². The van der Waals surface area contributed by atoms with E-state index in [-0.39, 0.29) is 18.2 Å². The second-order valence-corrected chi connectivity index (χ2v) is 6.72. The van der Waals surface area contributed by atoms with Gasteiger partial charge in [-0.15, -0.1) is 0 Å². The highest BCUT2D eigenvalue weighted by atomic mass is 35.5. The maximum Gasteiger partial charge on any atom is 0.414 e. The summed E-state index contributed by atoms with van der Waals surface area (Å²) in [7, 11) is 0. The Morgan fingerprint density at radius 2 is 2.08 bits per heavy atom. The lowest BCUT2D eigenvalue weighted by molar-refractivity contribution is 0.140. The van der Waals surface area contributed by atoms with Gasteiger partial charge in [-0.3, -0.25) is 4.90 Å². The summed E-state index contributed by atoms with van der Waals surface area (Å²) in [6.07, 6.45) is 4.87. The molecular formula is C17H22ClN3O3. The van der Waals surface area contributed by atoms with E-state index in [4.69, 9.17) is 16.3 Å². The van der Waals surface area contributed by atoms with Crippen molar-refractivity contribution in [1.82, 2.24) is 10.6 Å². The zero-order chi connectivity index (χ0) is 16.9. The van der Waals surface area contributed by atoms with Crippen LogP contribution in [0.5, 0.6) is 0 Å². The molecule has 2 aliphatic rings. The Bertz CT molecular complexity index is 604. The van der Waals surface area contributed by atoms with Crippen LogP contribution in [-0.4, -0.2) is 37.4 Å². The molecule has 1 saturated heterocycles. The smallest absolute Gasteiger partial charge is 0.414 e. The third kappa shape index (κ3) is 4.32. The molecule has 0 radical (unpaired) electrons. The van der Waals surface area contributed by atoms with E-state index >= 15 is 0 Å². The summed E-state index contributed by atoms with van der Waals surface area (Å²) in [6, 6.07) is 7.12. The number of carbonyl (C=O) groups excluding carboxylic acids is 2. The third-order valence-electron chi connectivity index (χ3n) is 4.42. The average molecular weight is 352 g/mol. The maximum atomic E-state index is 12.0. The average Bonchev–Trinajstić information content (AvgIpc) is 2.95. The Morgan fingerprint density at radius 1 is 1.29 bits per heavy atom. The third-order valence-corrected chi connectivity index (χ3v) is 4.66. The second-order valence-electron chi connectivity index (χ2n) is 6.29. The molecule has 130 valence electrons. The summed E-state index contributed by atoms with van der Waals surface area (Å²) in [5, 5.41) is 6.34. The molecule has 24 heavy (non-hydrogen) atoms. The van der Waals surface area contributed by atoms with E-state index < -0.39 is 6.09 Å². The first-order chi connectivity index (χ1) is 11.6. The van der Waals surface area contributed by atoms with E-state index in [1.807, 2.05) is 0 Å². The molecule has 0 aromatic heterocycles. The first-order valence-electron chi connectivity index (χ1n) is 8.40. The van der Waals surface area contributed by atoms with Crippen molar-refractivity contribution >= 4 is 29.4 Å². The van der Waals surface area contributed by atoms with Gasteiger partial charge in [0.1, 0.15) is 6.10 Å². The molecule has 7 heteroatoms. The monoisotopic (exact) mass is 351 g/mol. The Labute approximate surface area is 146 Å². The highest BCUT2D eigenvalue weighted by molar-refractivity contribution is 6.30. The van der Waals surface area contributed by atoms with Gasteiger partial charge >= 0.3 is 12.1 Å². The van der Waals surface area contributed by atoms with Gasteiger partial charge in [0.05, 0.1) is 13.1 Å². The van der Waals surface area contributed by atoms with E-state index in [2.05, 4.69) is 10.6 Å². The predicted octanol–water partition coefficient (Wildman–Crippen LogP) is 3.30. The van der Waals surface area contributed by atoms with E-state index in [1.54, 1.807) is 24.3 Å². The minimum absolute atomic E-state index is 0.195. The summed E-state index contributed by atoms with van der Waals surface area (Å²) in [5.41, 5.74) is 0.696. The van der Waals surface area contributed by atoms with E-state index in [9.17, 15) is 9.59 Å². The van der Waals surface area contributed by atoms with Crippen LogP contribution in [0.15, 0.2) is 24.3 Å². The number of hydrogen-bond acceptors (Lipinski definition) is 3. The standard InChI is InChI=1S/C17H22ClN3O3/c18-12-5-4-8-14(9-12)21-11-15(24-17(21)23)10-19-16(22)20-13-6-2-1-3-7-13/h4-5,8-9,13,15H,1-3,6-7,10-11H2,(H2,19,20,22). The number of anilines is 1. The van der Waals surface area contributed by atoms with Gasteiger partial charge in [-0.2, -0.15) is 0 Å². The fourth-order valence-corrected chi connectivity index (χ4v) is 3.36. The lowest BCUT2D eigenvalue weighted by Gasteiger charge is -2.23. The molecule has 1 saturated carbocycles. The predicted molar refractivity (Wildman–Crippen MR) is 92.5 cm³/mol. The zero-order valence-electron chi connectivity index (χ0n) is 13.5. The van der Waals surface area contributed by atoms with Crippen molar-refractivity contribution in [2.45, 2.75) is 44.2 Å². The molecule has 1 unspecified atom stereocenters. The molecule has 1 aromatic rings. The summed E-state index contributed by atoms with van der Waals surface area (Å²) < 4.78 is 5.31. The summed E-state index contributed by atoms with van der Waals surface area (Å²) in [4.78, 5) is 25.5. The molecular weight excluding hydrogens is 330 g/mol. The summed E-state index contributed by atoms with van der Waals surface area (Å²) >= 11 is 5.96.